The van der Waals surface area contributed by atoms with Crippen LogP contribution in [0.3, 0.4) is 0 Å². The monoisotopic (exact) mass is 420 g/mol. The smallest absolute Gasteiger partial charge is 0.174 e. The molecule has 0 saturated heterocycles. The molecule has 4 aromatic carbocycles. The number of thioether (sulfide) groups is 1. The van der Waals surface area contributed by atoms with Crippen molar-refractivity contribution in [1.82, 2.24) is 9.55 Å². The van der Waals surface area contributed by atoms with Gasteiger partial charge in [-0.15, -0.1) is 11.3 Å². The Balaban J connectivity index is 1.51. The van der Waals surface area contributed by atoms with Gasteiger partial charge in [0, 0.05) is 25.9 Å². The molecule has 0 bridgehead atoms. The number of nitrogens with zero attached hydrogens (tertiary/aromatic N) is 2. The summed E-state index contributed by atoms with van der Waals surface area (Å²) in [6.45, 7) is 0. The maximum Gasteiger partial charge on any atom is 0.174 e. The number of imidazole rings is 1. The first-order valence-corrected chi connectivity index (χ1v) is 11.8. The molecular formula is C26H16N2S2. The molecule has 0 atom stereocenters. The first-order chi connectivity index (χ1) is 14.9. The number of hydrogen-bond donors (Lipinski definition) is 0. The second-order valence-electron chi connectivity index (χ2n) is 7.63. The van der Waals surface area contributed by atoms with Gasteiger partial charge in [-0.1, -0.05) is 72.4 Å². The second-order valence-corrected chi connectivity index (χ2v) is 9.63. The number of rotatable bonds is 1. The summed E-state index contributed by atoms with van der Waals surface area (Å²) in [5.41, 5.74) is 7.40. The Kier molecular flexibility index (Phi) is 3.45. The van der Waals surface area contributed by atoms with E-state index in [1.807, 2.05) is 23.1 Å². The Morgan fingerprint density at radius 2 is 1.67 bits per heavy atom. The zero-order valence-electron chi connectivity index (χ0n) is 16.0. The van der Waals surface area contributed by atoms with E-state index in [9.17, 15) is 0 Å². The van der Waals surface area contributed by atoms with Gasteiger partial charge in [0.1, 0.15) is 0 Å². The fourth-order valence-electron chi connectivity index (χ4n) is 4.52. The van der Waals surface area contributed by atoms with Gasteiger partial charge in [-0.05, 0) is 41.0 Å². The van der Waals surface area contributed by atoms with E-state index in [1.54, 1.807) is 0 Å². The Morgan fingerprint density at radius 3 is 2.67 bits per heavy atom. The van der Waals surface area contributed by atoms with Crippen molar-refractivity contribution in [2.45, 2.75) is 10.9 Å². The summed E-state index contributed by atoms with van der Waals surface area (Å²) >= 11 is 3.70. The maximum atomic E-state index is 4.91. The number of thiophene rings is 1. The molecule has 0 saturated carbocycles. The number of benzene rings is 4. The van der Waals surface area contributed by atoms with Gasteiger partial charge >= 0.3 is 0 Å². The summed E-state index contributed by atoms with van der Waals surface area (Å²) in [5, 5.41) is 3.76. The van der Waals surface area contributed by atoms with E-state index < -0.39 is 0 Å². The number of para-hydroxylation sites is 1. The lowest BCUT2D eigenvalue weighted by Gasteiger charge is -2.18. The molecule has 6 aromatic rings. The minimum atomic E-state index is 0.980. The number of aromatic nitrogens is 2. The molecule has 3 heterocycles. The topological polar surface area (TPSA) is 17.8 Å². The van der Waals surface area contributed by atoms with Crippen LogP contribution in [0.25, 0.3) is 48.0 Å². The zero-order chi connectivity index (χ0) is 19.7. The molecule has 0 spiro atoms. The third kappa shape index (κ3) is 2.29. The van der Waals surface area contributed by atoms with Crippen molar-refractivity contribution in [1.29, 1.82) is 0 Å². The maximum absolute atomic E-state index is 4.91. The van der Waals surface area contributed by atoms with Crippen LogP contribution in [0.2, 0.25) is 0 Å². The van der Waals surface area contributed by atoms with Crippen molar-refractivity contribution in [2.75, 3.05) is 0 Å². The van der Waals surface area contributed by atoms with E-state index in [0.717, 1.165) is 16.4 Å². The van der Waals surface area contributed by atoms with Crippen molar-refractivity contribution in [3.8, 4) is 16.8 Å². The summed E-state index contributed by atoms with van der Waals surface area (Å²) < 4.78 is 5.02. The summed E-state index contributed by atoms with van der Waals surface area (Å²) in [6.07, 6.45) is 0. The van der Waals surface area contributed by atoms with Crippen LogP contribution in [0.4, 0.5) is 0 Å². The lowest BCUT2D eigenvalue weighted by Crippen LogP contribution is -2.05. The van der Waals surface area contributed by atoms with Crippen molar-refractivity contribution in [3.63, 3.8) is 0 Å². The van der Waals surface area contributed by atoms with Crippen LogP contribution in [0.5, 0.6) is 0 Å². The minimum absolute atomic E-state index is 0.980. The van der Waals surface area contributed by atoms with Crippen molar-refractivity contribution in [2.24, 2.45) is 0 Å². The molecule has 30 heavy (non-hydrogen) atoms. The Morgan fingerprint density at radius 1 is 0.800 bits per heavy atom. The zero-order valence-corrected chi connectivity index (χ0v) is 17.6. The Bertz CT molecular complexity index is 1610. The average molecular weight is 421 g/mol. The molecule has 2 nitrogen and oxygen atoms in total. The van der Waals surface area contributed by atoms with Crippen molar-refractivity contribution >= 4 is 54.3 Å². The molecule has 0 fully saturated rings. The average Bonchev–Trinajstić information content (AvgIpc) is 3.37. The van der Waals surface area contributed by atoms with E-state index >= 15 is 0 Å². The van der Waals surface area contributed by atoms with Crippen LogP contribution >= 0.6 is 23.1 Å². The second kappa shape index (κ2) is 6.21. The quantitative estimate of drug-likeness (QED) is 0.272. The lowest BCUT2D eigenvalue weighted by atomic mass is 10.0. The SMILES string of the molecule is c1ccc2c(c1)CSc1nc3ccc(-c4cccc5c4sc4ccccc45)cc3n1-2. The molecule has 7 rings (SSSR count). The molecule has 1 aliphatic heterocycles. The molecule has 0 N–H and O–H groups in total. The normalized spacial score (nSPS) is 13.1. The van der Waals surface area contributed by atoms with Gasteiger partial charge in [0.2, 0.25) is 0 Å². The van der Waals surface area contributed by atoms with Crippen LogP contribution < -0.4 is 0 Å². The molecule has 1 aliphatic rings. The number of fused-ring (bicyclic) bond motifs is 8. The van der Waals surface area contributed by atoms with Crippen LogP contribution in [0.15, 0.2) is 90.1 Å². The minimum Gasteiger partial charge on any atom is -0.287 e. The molecule has 0 aliphatic carbocycles. The van der Waals surface area contributed by atoms with Gasteiger partial charge < -0.3 is 0 Å². The van der Waals surface area contributed by atoms with Crippen LogP contribution in [0, 0.1) is 0 Å². The predicted octanol–water partition coefficient (Wildman–Crippen LogP) is 7.67. The highest BCUT2D eigenvalue weighted by Gasteiger charge is 2.21. The van der Waals surface area contributed by atoms with Gasteiger partial charge in [-0.2, -0.15) is 0 Å². The molecule has 142 valence electrons. The lowest BCUT2D eigenvalue weighted by molar-refractivity contribution is 0.894. The fraction of sp³-hybridized carbons (Fsp3) is 0.0385. The van der Waals surface area contributed by atoms with E-state index in [1.165, 1.54) is 48.1 Å². The molecule has 2 aromatic heterocycles. The standard InChI is InChI=1S/C26H16N2S2/c1-3-10-22-17(6-1)15-29-26-27-21-13-12-16(14-23(21)28(22)26)18-8-5-9-20-19-7-2-4-11-24(19)30-25(18)20/h1-14H,15H2. The van der Waals surface area contributed by atoms with Crippen LogP contribution in [0.1, 0.15) is 5.56 Å². The molecule has 0 unspecified atom stereocenters. The summed E-state index contributed by atoms with van der Waals surface area (Å²) in [5.74, 6) is 0.980. The predicted molar refractivity (Wildman–Crippen MR) is 129 cm³/mol. The van der Waals surface area contributed by atoms with Crippen molar-refractivity contribution in [3.05, 3.63) is 90.5 Å². The fourth-order valence-corrected chi connectivity index (χ4v) is 6.77. The van der Waals surface area contributed by atoms with Crippen LogP contribution in [-0.4, -0.2) is 9.55 Å². The summed E-state index contributed by atoms with van der Waals surface area (Å²) in [6, 6.07) is 30.7. The molecule has 4 heteroatoms. The third-order valence-electron chi connectivity index (χ3n) is 5.93. The Hall–Kier alpha value is -3.08. The van der Waals surface area contributed by atoms with E-state index in [2.05, 4.69) is 89.5 Å². The first-order valence-electron chi connectivity index (χ1n) is 10.0. The highest BCUT2D eigenvalue weighted by atomic mass is 32.2. The third-order valence-corrected chi connectivity index (χ3v) is 8.14. The first kappa shape index (κ1) is 16.7. The van der Waals surface area contributed by atoms with E-state index in [4.69, 9.17) is 4.98 Å². The molecular weight excluding hydrogens is 404 g/mol. The van der Waals surface area contributed by atoms with Gasteiger partial charge in [0.15, 0.2) is 5.16 Å². The van der Waals surface area contributed by atoms with Gasteiger partial charge in [0.25, 0.3) is 0 Å². The highest BCUT2D eigenvalue weighted by molar-refractivity contribution is 7.98. The highest BCUT2D eigenvalue weighted by Crippen LogP contribution is 2.42. The van der Waals surface area contributed by atoms with Crippen molar-refractivity contribution < 1.29 is 0 Å². The molecule has 0 amide bonds. The van der Waals surface area contributed by atoms with E-state index in [-0.39, 0.29) is 0 Å². The summed E-state index contributed by atoms with van der Waals surface area (Å²) in [4.78, 5) is 4.91. The Labute approximate surface area is 181 Å². The number of hydrogen-bond acceptors (Lipinski definition) is 3. The largest absolute Gasteiger partial charge is 0.287 e. The van der Waals surface area contributed by atoms with E-state index in [0.29, 0.717) is 0 Å². The van der Waals surface area contributed by atoms with Gasteiger partial charge in [0.05, 0.1) is 16.7 Å². The van der Waals surface area contributed by atoms with Crippen LogP contribution in [-0.2, 0) is 5.75 Å². The molecule has 0 radical (unpaired) electrons. The summed E-state index contributed by atoms with van der Waals surface area (Å²) in [7, 11) is 0. The van der Waals surface area contributed by atoms with Gasteiger partial charge in [-0.25, -0.2) is 4.98 Å². The van der Waals surface area contributed by atoms with Gasteiger partial charge in [-0.3, -0.25) is 4.57 Å².